The van der Waals surface area contributed by atoms with Crippen molar-refractivity contribution in [1.82, 2.24) is 9.88 Å². The molecule has 0 saturated heterocycles. The first-order chi connectivity index (χ1) is 13.5. The van der Waals surface area contributed by atoms with E-state index in [9.17, 15) is 9.90 Å². The van der Waals surface area contributed by atoms with Gasteiger partial charge in [0.05, 0.1) is 26.8 Å². The molecule has 2 N–H and O–H groups in total. The molecule has 0 aliphatic carbocycles. The minimum atomic E-state index is -0.964. The molecule has 0 aliphatic rings. The van der Waals surface area contributed by atoms with Crippen LogP contribution < -0.4 is 19.5 Å². The first-order valence-electron chi connectivity index (χ1n) is 8.80. The second-order valence-electron chi connectivity index (χ2n) is 6.36. The molecule has 2 aromatic carbocycles. The van der Waals surface area contributed by atoms with E-state index in [4.69, 9.17) is 14.2 Å². The lowest BCUT2D eigenvalue weighted by Crippen LogP contribution is -2.16. The summed E-state index contributed by atoms with van der Waals surface area (Å²) in [5.74, 6) is 1.20. The number of nitrogens with one attached hydrogen (secondary N) is 1. The number of benzene rings is 2. The molecule has 7 nitrogen and oxygen atoms in total. The van der Waals surface area contributed by atoms with Gasteiger partial charge >= 0.3 is 5.97 Å². The van der Waals surface area contributed by atoms with E-state index in [1.54, 1.807) is 32.9 Å². The topological polar surface area (TPSA) is 82.0 Å². The first kappa shape index (κ1) is 19.6. The Labute approximate surface area is 163 Å². The fraction of sp³-hybridized carbons (Fsp3) is 0.286. The van der Waals surface area contributed by atoms with Gasteiger partial charge in [-0.1, -0.05) is 0 Å². The highest BCUT2D eigenvalue weighted by Crippen LogP contribution is 2.29. The fourth-order valence-electron chi connectivity index (χ4n) is 3.42. The fourth-order valence-corrected chi connectivity index (χ4v) is 3.42. The van der Waals surface area contributed by atoms with Crippen molar-refractivity contribution in [3.63, 3.8) is 0 Å². The van der Waals surface area contributed by atoms with E-state index in [1.807, 2.05) is 36.4 Å². The Bertz CT molecular complexity index is 1010. The van der Waals surface area contributed by atoms with Gasteiger partial charge in [-0.15, -0.1) is 0 Å². The lowest BCUT2D eigenvalue weighted by Gasteiger charge is -2.12. The van der Waals surface area contributed by atoms with Crippen molar-refractivity contribution in [1.29, 1.82) is 0 Å². The van der Waals surface area contributed by atoms with Gasteiger partial charge in [-0.2, -0.15) is 0 Å². The number of ether oxygens (including phenoxy) is 3. The maximum Gasteiger partial charge on any atom is 0.352 e. The van der Waals surface area contributed by atoms with Crippen LogP contribution in [0.5, 0.6) is 17.2 Å². The molecule has 0 aliphatic heterocycles. The molecular formula is C21H24N2O5. The Morgan fingerprint density at radius 2 is 1.68 bits per heavy atom. The van der Waals surface area contributed by atoms with E-state index in [1.165, 1.54) is 0 Å². The summed E-state index contributed by atoms with van der Waals surface area (Å²) in [4.78, 5) is 11.9. The zero-order valence-electron chi connectivity index (χ0n) is 16.4. The van der Waals surface area contributed by atoms with Crippen LogP contribution in [0.1, 0.15) is 21.6 Å². The number of aryl methyl sites for hydroxylation is 1. The summed E-state index contributed by atoms with van der Waals surface area (Å²) in [6, 6.07) is 11.2. The molecule has 7 heteroatoms. The van der Waals surface area contributed by atoms with Gasteiger partial charge in [-0.05, 0) is 30.3 Å². The maximum atomic E-state index is 11.9. The SMILES string of the molecule is COc1ccc(OC)c(CNCc2c(C(=O)O)n(C)c3cc(OC)ccc23)c1. The van der Waals surface area contributed by atoms with Gasteiger partial charge in [0.15, 0.2) is 0 Å². The molecule has 0 bridgehead atoms. The Morgan fingerprint density at radius 3 is 2.32 bits per heavy atom. The molecule has 1 heterocycles. The van der Waals surface area contributed by atoms with E-state index in [-0.39, 0.29) is 5.69 Å². The Morgan fingerprint density at radius 1 is 1.00 bits per heavy atom. The number of carboxylic acid groups (broad SMARTS) is 1. The van der Waals surface area contributed by atoms with Crippen LogP contribution in [0.15, 0.2) is 36.4 Å². The smallest absolute Gasteiger partial charge is 0.352 e. The molecule has 0 atom stereocenters. The lowest BCUT2D eigenvalue weighted by atomic mass is 10.1. The van der Waals surface area contributed by atoms with Crippen molar-refractivity contribution < 1.29 is 24.1 Å². The quantitative estimate of drug-likeness (QED) is 0.621. The zero-order valence-corrected chi connectivity index (χ0v) is 16.4. The predicted octanol–water partition coefficient (Wildman–Crippen LogP) is 3.19. The highest BCUT2D eigenvalue weighted by atomic mass is 16.5. The number of carboxylic acids is 1. The highest BCUT2D eigenvalue weighted by Gasteiger charge is 2.20. The zero-order chi connectivity index (χ0) is 20.3. The largest absolute Gasteiger partial charge is 0.497 e. The third-order valence-corrected chi connectivity index (χ3v) is 4.82. The van der Waals surface area contributed by atoms with Gasteiger partial charge in [0.2, 0.25) is 0 Å². The van der Waals surface area contributed by atoms with Crippen molar-refractivity contribution in [2.24, 2.45) is 7.05 Å². The standard InChI is InChI=1S/C21H24N2O5/c1-23-18-10-15(27-3)5-7-16(18)17(20(23)21(24)25)12-22-11-13-9-14(26-2)6-8-19(13)28-4/h5-10,22H,11-12H2,1-4H3,(H,24,25). The second-order valence-corrected chi connectivity index (χ2v) is 6.36. The monoisotopic (exact) mass is 384 g/mol. The minimum Gasteiger partial charge on any atom is -0.497 e. The van der Waals surface area contributed by atoms with Crippen LogP contribution in [0.2, 0.25) is 0 Å². The van der Waals surface area contributed by atoms with E-state index >= 15 is 0 Å². The molecule has 0 saturated carbocycles. The van der Waals surface area contributed by atoms with Crippen LogP contribution in [-0.4, -0.2) is 37.0 Å². The normalized spacial score (nSPS) is 10.9. The van der Waals surface area contributed by atoms with E-state index in [2.05, 4.69) is 5.32 Å². The van der Waals surface area contributed by atoms with Crippen molar-refractivity contribution >= 4 is 16.9 Å². The van der Waals surface area contributed by atoms with Gasteiger partial charge < -0.3 is 29.2 Å². The van der Waals surface area contributed by atoms with Crippen LogP contribution in [-0.2, 0) is 20.1 Å². The molecule has 0 radical (unpaired) electrons. The number of hydrogen-bond donors (Lipinski definition) is 2. The summed E-state index contributed by atoms with van der Waals surface area (Å²) in [5.41, 5.74) is 2.73. The van der Waals surface area contributed by atoms with Crippen LogP contribution in [0.3, 0.4) is 0 Å². The van der Waals surface area contributed by atoms with E-state index in [0.29, 0.717) is 18.8 Å². The van der Waals surface area contributed by atoms with Crippen molar-refractivity contribution in [3.8, 4) is 17.2 Å². The number of rotatable bonds is 8. The number of fused-ring (bicyclic) bond motifs is 1. The molecule has 28 heavy (non-hydrogen) atoms. The average Bonchev–Trinajstić information content (AvgIpc) is 2.99. The molecular weight excluding hydrogens is 360 g/mol. The van der Waals surface area contributed by atoms with Crippen LogP contribution >= 0.6 is 0 Å². The number of hydrogen-bond acceptors (Lipinski definition) is 5. The van der Waals surface area contributed by atoms with Gasteiger partial charge in [0.1, 0.15) is 22.9 Å². The predicted molar refractivity (Wildman–Crippen MR) is 107 cm³/mol. The molecule has 0 unspecified atom stereocenters. The van der Waals surface area contributed by atoms with Crippen LogP contribution in [0, 0.1) is 0 Å². The van der Waals surface area contributed by atoms with Crippen molar-refractivity contribution in [3.05, 3.63) is 53.2 Å². The highest BCUT2D eigenvalue weighted by molar-refractivity contribution is 5.98. The summed E-state index contributed by atoms with van der Waals surface area (Å²) < 4.78 is 17.6. The van der Waals surface area contributed by atoms with Crippen molar-refractivity contribution in [2.45, 2.75) is 13.1 Å². The second kappa shape index (κ2) is 8.22. The van der Waals surface area contributed by atoms with Gasteiger partial charge in [-0.3, -0.25) is 0 Å². The Hall–Kier alpha value is -3.19. The minimum absolute atomic E-state index is 0.258. The molecule has 3 rings (SSSR count). The summed E-state index contributed by atoms with van der Waals surface area (Å²) in [5, 5.41) is 13.9. The first-order valence-corrected chi connectivity index (χ1v) is 8.80. The molecule has 0 spiro atoms. The van der Waals surface area contributed by atoms with E-state index in [0.717, 1.165) is 33.5 Å². The molecule has 148 valence electrons. The number of nitrogens with zero attached hydrogens (tertiary/aromatic N) is 1. The van der Waals surface area contributed by atoms with Crippen LogP contribution in [0.25, 0.3) is 10.9 Å². The maximum absolute atomic E-state index is 11.9. The van der Waals surface area contributed by atoms with E-state index < -0.39 is 5.97 Å². The molecule has 0 amide bonds. The molecule has 3 aromatic rings. The summed E-state index contributed by atoms with van der Waals surface area (Å²) in [6.07, 6.45) is 0. The third-order valence-electron chi connectivity index (χ3n) is 4.82. The number of carbonyl (C=O) groups is 1. The summed E-state index contributed by atoms with van der Waals surface area (Å²) in [7, 11) is 6.57. The summed E-state index contributed by atoms with van der Waals surface area (Å²) in [6.45, 7) is 0.900. The average molecular weight is 384 g/mol. The molecule has 0 fully saturated rings. The Kier molecular flexibility index (Phi) is 5.75. The number of aromatic nitrogens is 1. The Balaban J connectivity index is 1.90. The molecule has 1 aromatic heterocycles. The third kappa shape index (κ3) is 3.61. The van der Waals surface area contributed by atoms with Crippen molar-refractivity contribution in [2.75, 3.05) is 21.3 Å². The lowest BCUT2D eigenvalue weighted by molar-refractivity contribution is 0.0685. The van der Waals surface area contributed by atoms with Gasteiger partial charge in [0.25, 0.3) is 0 Å². The van der Waals surface area contributed by atoms with Crippen LogP contribution in [0.4, 0.5) is 0 Å². The van der Waals surface area contributed by atoms with Gasteiger partial charge in [0, 0.05) is 42.7 Å². The summed E-state index contributed by atoms with van der Waals surface area (Å²) >= 11 is 0. The number of methoxy groups -OCH3 is 3. The van der Waals surface area contributed by atoms with Gasteiger partial charge in [-0.25, -0.2) is 4.79 Å². The number of aromatic carboxylic acids is 1.